The number of aryl methyl sites for hydroxylation is 1. The van der Waals surface area contributed by atoms with Gasteiger partial charge in [0.2, 0.25) is 15.9 Å². The maximum atomic E-state index is 12.1. The molecular weight excluding hydrogens is 316 g/mol. The molecule has 1 amide bonds. The minimum Gasteiger partial charge on any atom is -0.377 e. The summed E-state index contributed by atoms with van der Waals surface area (Å²) >= 11 is 0. The summed E-state index contributed by atoms with van der Waals surface area (Å²) in [5.41, 5.74) is 2.11. The molecule has 1 atom stereocenters. The van der Waals surface area contributed by atoms with Crippen molar-refractivity contribution in [2.75, 3.05) is 26.0 Å². The Morgan fingerprint density at radius 2 is 2.22 bits per heavy atom. The first-order valence-electron chi connectivity index (χ1n) is 7.73. The number of sulfonamides is 1. The molecule has 1 unspecified atom stereocenters. The zero-order chi connectivity index (χ0) is 16.9. The molecule has 0 aliphatic carbocycles. The average Bonchev–Trinajstić information content (AvgIpc) is 2.97. The molecule has 1 aromatic carbocycles. The minimum atomic E-state index is -3.44. The Labute approximate surface area is 137 Å². The second kappa shape index (κ2) is 7.90. The van der Waals surface area contributed by atoms with E-state index in [1.807, 2.05) is 31.2 Å². The highest BCUT2D eigenvalue weighted by Gasteiger charge is 2.26. The van der Waals surface area contributed by atoms with Crippen LogP contribution >= 0.6 is 0 Å². The summed E-state index contributed by atoms with van der Waals surface area (Å²) in [6, 6.07) is 7.82. The van der Waals surface area contributed by atoms with Gasteiger partial charge in [0, 0.05) is 19.7 Å². The molecule has 1 N–H and O–H groups in total. The van der Waals surface area contributed by atoms with E-state index in [2.05, 4.69) is 5.32 Å². The summed E-state index contributed by atoms with van der Waals surface area (Å²) in [7, 11) is -3.44. The summed E-state index contributed by atoms with van der Waals surface area (Å²) in [4.78, 5) is 12.1. The van der Waals surface area contributed by atoms with Gasteiger partial charge in [-0.15, -0.1) is 0 Å². The summed E-state index contributed by atoms with van der Waals surface area (Å²) in [5.74, 6) is -0.310. The van der Waals surface area contributed by atoms with Crippen LogP contribution in [0, 0.1) is 6.92 Å². The highest BCUT2D eigenvalue weighted by Crippen LogP contribution is 2.14. The van der Waals surface area contributed by atoms with Gasteiger partial charge < -0.3 is 10.1 Å². The largest absolute Gasteiger partial charge is 0.377 e. The number of nitrogens with one attached hydrogen (secondary N) is 1. The van der Waals surface area contributed by atoms with Crippen molar-refractivity contribution >= 4 is 15.9 Å². The number of carbonyl (C=O) groups is 1. The first kappa shape index (κ1) is 17.9. The number of nitrogens with zero attached hydrogens (tertiary/aromatic N) is 1. The second-order valence-corrected chi connectivity index (χ2v) is 7.94. The molecule has 1 aromatic rings. The van der Waals surface area contributed by atoms with Crippen LogP contribution in [0.1, 0.15) is 24.0 Å². The molecule has 6 nitrogen and oxygen atoms in total. The van der Waals surface area contributed by atoms with Gasteiger partial charge in [-0.05, 0) is 25.3 Å². The lowest BCUT2D eigenvalue weighted by atomic mass is 10.1. The van der Waals surface area contributed by atoms with Gasteiger partial charge in [0.05, 0.1) is 18.9 Å². The maximum absolute atomic E-state index is 12.1. The maximum Gasteiger partial charge on any atom is 0.235 e. The molecule has 128 valence electrons. The van der Waals surface area contributed by atoms with E-state index in [4.69, 9.17) is 4.74 Å². The van der Waals surface area contributed by atoms with Crippen LogP contribution in [0.2, 0.25) is 0 Å². The predicted octanol–water partition coefficient (Wildman–Crippen LogP) is 1.05. The molecule has 23 heavy (non-hydrogen) atoms. The molecule has 0 spiro atoms. The number of carbonyl (C=O) groups excluding carboxylic acids is 1. The molecule has 1 aliphatic rings. The average molecular weight is 340 g/mol. The van der Waals surface area contributed by atoms with Gasteiger partial charge in [0.15, 0.2) is 0 Å². The van der Waals surface area contributed by atoms with Gasteiger partial charge in [0.1, 0.15) is 0 Å². The van der Waals surface area contributed by atoms with E-state index in [1.165, 1.54) is 4.31 Å². The molecule has 1 heterocycles. The Balaban J connectivity index is 1.89. The van der Waals surface area contributed by atoms with Crippen LogP contribution in [-0.4, -0.2) is 50.7 Å². The number of rotatable bonds is 7. The van der Waals surface area contributed by atoms with Gasteiger partial charge >= 0.3 is 0 Å². The molecule has 2 rings (SSSR count). The van der Waals surface area contributed by atoms with Crippen molar-refractivity contribution < 1.29 is 17.9 Å². The number of benzene rings is 1. The molecule has 7 heteroatoms. The fourth-order valence-electron chi connectivity index (χ4n) is 2.57. The summed E-state index contributed by atoms with van der Waals surface area (Å²) < 4.78 is 30.4. The molecular formula is C16H24N2O4S. The fraction of sp³-hybridized carbons (Fsp3) is 0.562. The lowest BCUT2D eigenvalue weighted by Gasteiger charge is -2.22. The number of hydrogen-bond acceptors (Lipinski definition) is 4. The standard InChI is InChI=1S/C16H24N2O4S/c1-13-5-3-6-14(9-13)10-17-16(19)12-18(23(2,20)21)11-15-7-4-8-22-15/h3,5-6,9,15H,4,7-8,10-12H2,1-2H3,(H,17,19). The lowest BCUT2D eigenvalue weighted by molar-refractivity contribution is -0.121. The molecule has 0 aromatic heterocycles. The minimum absolute atomic E-state index is 0.116. The summed E-state index contributed by atoms with van der Waals surface area (Å²) in [6.07, 6.45) is 2.77. The number of ether oxygens (including phenoxy) is 1. The third kappa shape index (κ3) is 5.93. The summed E-state index contributed by atoms with van der Waals surface area (Å²) in [6.45, 7) is 3.08. The van der Waals surface area contributed by atoms with Gasteiger partial charge in [-0.3, -0.25) is 4.79 Å². The zero-order valence-electron chi connectivity index (χ0n) is 13.6. The van der Waals surface area contributed by atoms with Crippen molar-refractivity contribution in [2.24, 2.45) is 0 Å². The quantitative estimate of drug-likeness (QED) is 0.805. The van der Waals surface area contributed by atoms with Gasteiger partial charge in [-0.1, -0.05) is 29.8 Å². The second-order valence-electron chi connectivity index (χ2n) is 5.96. The predicted molar refractivity (Wildman–Crippen MR) is 88.4 cm³/mol. The van der Waals surface area contributed by atoms with Crippen molar-refractivity contribution in [1.29, 1.82) is 0 Å². The topological polar surface area (TPSA) is 75.7 Å². The van der Waals surface area contributed by atoms with Crippen LogP contribution in [-0.2, 0) is 26.1 Å². The van der Waals surface area contributed by atoms with Gasteiger partial charge in [-0.25, -0.2) is 8.42 Å². The third-order valence-corrected chi connectivity index (χ3v) is 5.01. The molecule has 1 aliphatic heterocycles. The Morgan fingerprint density at radius 3 is 2.83 bits per heavy atom. The van der Waals surface area contributed by atoms with E-state index in [0.717, 1.165) is 30.2 Å². The third-order valence-electron chi connectivity index (χ3n) is 3.79. The highest BCUT2D eigenvalue weighted by molar-refractivity contribution is 7.88. The van der Waals surface area contributed by atoms with E-state index >= 15 is 0 Å². The monoisotopic (exact) mass is 340 g/mol. The van der Waals surface area contributed by atoms with Crippen LogP contribution in [0.15, 0.2) is 24.3 Å². The van der Waals surface area contributed by atoms with E-state index in [-0.39, 0.29) is 25.1 Å². The van der Waals surface area contributed by atoms with Crippen molar-refractivity contribution in [2.45, 2.75) is 32.4 Å². The molecule has 0 radical (unpaired) electrons. The van der Waals surface area contributed by atoms with Crippen LogP contribution in [0.4, 0.5) is 0 Å². The lowest BCUT2D eigenvalue weighted by Crippen LogP contribution is -2.43. The fourth-order valence-corrected chi connectivity index (χ4v) is 3.36. The van der Waals surface area contributed by atoms with Crippen LogP contribution < -0.4 is 5.32 Å². The van der Waals surface area contributed by atoms with Gasteiger partial charge in [-0.2, -0.15) is 4.31 Å². The Morgan fingerprint density at radius 1 is 1.43 bits per heavy atom. The molecule has 1 fully saturated rings. The SMILES string of the molecule is Cc1cccc(CNC(=O)CN(CC2CCCO2)S(C)(=O)=O)c1. The Bertz CT molecular complexity index is 639. The van der Waals surface area contributed by atoms with E-state index in [1.54, 1.807) is 0 Å². The Kier molecular flexibility index (Phi) is 6.15. The van der Waals surface area contributed by atoms with Crippen molar-refractivity contribution in [1.82, 2.24) is 9.62 Å². The number of amides is 1. The molecule has 1 saturated heterocycles. The Hall–Kier alpha value is -1.44. The van der Waals surface area contributed by atoms with Gasteiger partial charge in [0.25, 0.3) is 0 Å². The smallest absolute Gasteiger partial charge is 0.235 e. The van der Waals surface area contributed by atoms with Crippen LogP contribution in [0.5, 0.6) is 0 Å². The zero-order valence-corrected chi connectivity index (χ0v) is 14.4. The van der Waals surface area contributed by atoms with Crippen molar-refractivity contribution in [3.05, 3.63) is 35.4 Å². The van der Waals surface area contributed by atoms with Crippen LogP contribution in [0.3, 0.4) is 0 Å². The highest BCUT2D eigenvalue weighted by atomic mass is 32.2. The first-order chi connectivity index (χ1) is 10.8. The van der Waals surface area contributed by atoms with Crippen LogP contribution in [0.25, 0.3) is 0 Å². The molecule has 0 saturated carbocycles. The van der Waals surface area contributed by atoms with E-state index < -0.39 is 10.0 Å². The number of hydrogen-bond donors (Lipinski definition) is 1. The first-order valence-corrected chi connectivity index (χ1v) is 9.58. The van der Waals surface area contributed by atoms with E-state index in [0.29, 0.717) is 13.2 Å². The van der Waals surface area contributed by atoms with Crippen molar-refractivity contribution in [3.8, 4) is 0 Å². The molecule has 0 bridgehead atoms. The van der Waals surface area contributed by atoms with Crippen molar-refractivity contribution in [3.63, 3.8) is 0 Å². The normalized spacial score (nSPS) is 18.3. The van der Waals surface area contributed by atoms with E-state index in [9.17, 15) is 13.2 Å². The summed E-state index contributed by atoms with van der Waals surface area (Å²) in [5, 5.41) is 2.77.